The fourth-order valence-corrected chi connectivity index (χ4v) is 6.16. The molecule has 7 rings (SSSR count). The number of anilines is 2. The molecule has 9 heteroatoms. The lowest BCUT2D eigenvalue weighted by atomic mass is 9.96. The maximum Gasteiger partial charge on any atom is 0.228 e. The van der Waals surface area contributed by atoms with Gasteiger partial charge in [-0.05, 0) is 61.5 Å². The summed E-state index contributed by atoms with van der Waals surface area (Å²) in [5.41, 5.74) is 1.18. The highest BCUT2D eigenvalue weighted by Crippen LogP contribution is 2.44. The number of hydrogen-bond acceptors (Lipinski definition) is 7. The minimum absolute atomic E-state index is 0.0594. The number of aromatic hydroxyl groups is 1. The largest absolute Gasteiger partial charge is 0.508 e. The standard InChI is InChI=1S/C29H30ClFN6O/c1-35(2)18-14-37(15-18)28-33-26-22(27(34-28)36-10-9-32-29(16-36)7-8-29)13-23(30)24(25(26)31)21-12-19(38)11-17-5-3-4-6-20(17)21/h3-6,11-13,18,32,38H,7-10,14-16H2,1-2H3. The molecule has 196 valence electrons. The summed E-state index contributed by atoms with van der Waals surface area (Å²) in [7, 11) is 4.14. The third-order valence-electron chi connectivity index (χ3n) is 8.37. The topological polar surface area (TPSA) is 67.8 Å². The molecular formula is C29H30ClFN6O. The van der Waals surface area contributed by atoms with Crippen molar-refractivity contribution in [3.05, 3.63) is 53.3 Å². The van der Waals surface area contributed by atoms with Crippen molar-refractivity contribution < 1.29 is 9.50 Å². The molecule has 3 fully saturated rings. The van der Waals surface area contributed by atoms with E-state index in [1.165, 1.54) is 0 Å². The lowest BCUT2D eigenvalue weighted by Crippen LogP contribution is -2.58. The molecule has 1 aromatic heterocycles. The summed E-state index contributed by atoms with van der Waals surface area (Å²) in [4.78, 5) is 16.4. The molecule has 7 nitrogen and oxygen atoms in total. The van der Waals surface area contributed by atoms with Crippen molar-refractivity contribution in [2.24, 2.45) is 0 Å². The Labute approximate surface area is 225 Å². The molecule has 0 radical (unpaired) electrons. The number of rotatable bonds is 4. The van der Waals surface area contributed by atoms with Gasteiger partial charge in [-0.3, -0.25) is 0 Å². The summed E-state index contributed by atoms with van der Waals surface area (Å²) >= 11 is 6.85. The molecule has 2 aliphatic heterocycles. The van der Waals surface area contributed by atoms with E-state index in [9.17, 15) is 5.11 Å². The van der Waals surface area contributed by atoms with Crippen LogP contribution < -0.4 is 15.1 Å². The fraction of sp³-hybridized carbons (Fsp3) is 0.379. The van der Waals surface area contributed by atoms with Gasteiger partial charge in [0.1, 0.15) is 17.1 Å². The number of phenolic OH excluding ortho intramolecular Hbond substituents is 1. The van der Waals surface area contributed by atoms with Gasteiger partial charge in [-0.15, -0.1) is 0 Å². The van der Waals surface area contributed by atoms with Gasteiger partial charge in [0.25, 0.3) is 0 Å². The van der Waals surface area contributed by atoms with Gasteiger partial charge in [-0.2, -0.15) is 4.98 Å². The molecule has 2 N–H and O–H groups in total. The quantitative estimate of drug-likeness (QED) is 0.397. The van der Waals surface area contributed by atoms with Crippen LogP contribution in [0.3, 0.4) is 0 Å². The van der Waals surface area contributed by atoms with Crippen LogP contribution in [-0.4, -0.2) is 78.4 Å². The van der Waals surface area contributed by atoms with E-state index < -0.39 is 5.82 Å². The van der Waals surface area contributed by atoms with E-state index in [4.69, 9.17) is 21.6 Å². The Balaban J connectivity index is 1.43. The maximum atomic E-state index is 16.6. The van der Waals surface area contributed by atoms with Crippen molar-refractivity contribution in [3.8, 4) is 16.9 Å². The van der Waals surface area contributed by atoms with Crippen molar-refractivity contribution in [3.63, 3.8) is 0 Å². The first-order valence-electron chi connectivity index (χ1n) is 13.2. The fourth-order valence-electron chi connectivity index (χ4n) is 5.87. The highest BCUT2D eigenvalue weighted by atomic mass is 35.5. The summed E-state index contributed by atoms with van der Waals surface area (Å²) in [6, 6.07) is 13.1. The Morgan fingerprint density at radius 1 is 1.08 bits per heavy atom. The molecule has 1 aliphatic carbocycles. The van der Waals surface area contributed by atoms with E-state index in [1.54, 1.807) is 18.2 Å². The van der Waals surface area contributed by atoms with Gasteiger partial charge in [0.05, 0.1) is 5.02 Å². The molecule has 38 heavy (non-hydrogen) atoms. The third-order valence-corrected chi connectivity index (χ3v) is 8.67. The molecule has 0 atom stereocenters. The minimum Gasteiger partial charge on any atom is -0.508 e. The van der Waals surface area contributed by atoms with Crippen molar-refractivity contribution in [1.82, 2.24) is 20.2 Å². The van der Waals surface area contributed by atoms with Crippen LogP contribution >= 0.6 is 11.6 Å². The number of piperazine rings is 1. The maximum absolute atomic E-state index is 16.6. The first kappa shape index (κ1) is 23.9. The Morgan fingerprint density at radius 2 is 1.87 bits per heavy atom. The number of fused-ring (bicyclic) bond motifs is 2. The predicted molar refractivity (Wildman–Crippen MR) is 151 cm³/mol. The summed E-state index contributed by atoms with van der Waals surface area (Å²) in [5, 5.41) is 16.6. The van der Waals surface area contributed by atoms with Crippen LogP contribution in [0.4, 0.5) is 16.2 Å². The second-order valence-electron chi connectivity index (χ2n) is 11.2. The molecule has 0 unspecified atom stereocenters. The molecule has 3 aromatic carbocycles. The van der Waals surface area contributed by atoms with Crippen LogP contribution in [0.2, 0.25) is 5.02 Å². The number of nitrogens with one attached hydrogen (secondary N) is 1. The highest BCUT2D eigenvalue weighted by Gasteiger charge is 2.46. The van der Waals surface area contributed by atoms with E-state index in [1.807, 2.05) is 24.3 Å². The molecule has 1 saturated carbocycles. The van der Waals surface area contributed by atoms with Crippen LogP contribution in [0.5, 0.6) is 5.75 Å². The third kappa shape index (κ3) is 3.85. The van der Waals surface area contributed by atoms with Gasteiger partial charge in [0, 0.05) is 55.3 Å². The second-order valence-corrected chi connectivity index (χ2v) is 11.6. The molecular weight excluding hydrogens is 503 g/mol. The Kier molecular flexibility index (Phi) is 5.44. The Bertz CT molecular complexity index is 1580. The molecule has 1 spiro atoms. The highest BCUT2D eigenvalue weighted by molar-refractivity contribution is 6.35. The number of halogens is 2. The van der Waals surface area contributed by atoms with Crippen LogP contribution in [0.1, 0.15) is 12.8 Å². The first-order chi connectivity index (χ1) is 18.3. The zero-order valence-corrected chi connectivity index (χ0v) is 22.3. The average Bonchev–Trinajstić information content (AvgIpc) is 3.60. The van der Waals surface area contributed by atoms with Gasteiger partial charge in [-0.1, -0.05) is 35.9 Å². The average molecular weight is 533 g/mol. The summed E-state index contributed by atoms with van der Waals surface area (Å²) in [6.45, 7) is 4.06. The van der Waals surface area contributed by atoms with E-state index in [0.29, 0.717) is 22.9 Å². The zero-order chi connectivity index (χ0) is 26.2. The van der Waals surface area contributed by atoms with Gasteiger partial charge < -0.3 is 25.1 Å². The smallest absolute Gasteiger partial charge is 0.228 e. The van der Waals surface area contributed by atoms with E-state index in [0.717, 1.165) is 62.2 Å². The van der Waals surface area contributed by atoms with Crippen LogP contribution in [-0.2, 0) is 0 Å². The molecule has 4 aromatic rings. The number of aromatic nitrogens is 2. The molecule has 2 saturated heterocycles. The molecule has 0 amide bonds. The predicted octanol–water partition coefficient (Wildman–Crippen LogP) is 4.64. The summed E-state index contributed by atoms with van der Waals surface area (Å²) in [6.07, 6.45) is 2.28. The minimum atomic E-state index is -0.492. The summed E-state index contributed by atoms with van der Waals surface area (Å²) in [5.74, 6) is 0.847. The monoisotopic (exact) mass is 532 g/mol. The molecule has 3 aliphatic rings. The Hall–Kier alpha value is -3.20. The van der Waals surface area contributed by atoms with Crippen molar-refractivity contribution >= 4 is 45.0 Å². The number of benzene rings is 3. The van der Waals surface area contributed by atoms with Crippen molar-refractivity contribution in [2.45, 2.75) is 24.4 Å². The van der Waals surface area contributed by atoms with Crippen LogP contribution in [0.15, 0.2) is 42.5 Å². The van der Waals surface area contributed by atoms with Crippen LogP contribution in [0.25, 0.3) is 32.8 Å². The lowest BCUT2D eigenvalue weighted by Gasteiger charge is -2.43. The van der Waals surface area contributed by atoms with Gasteiger partial charge in [0.2, 0.25) is 5.95 Å². The van der Waals surface area contributed by atoms with Gasteiger partial charge in [-0.25, -0.2) is 9.37 Å². The van der Waals surface area contributed by atoms with Crippen molar-refractivity contribution in [2.75, 3.05) is 56.6 Å². The van der Waals surface area contributed by atoms with E-state index in [2.05, 4.69) is 34.1 Å². The van der Waals surface area contributed by atoms with Gasteiger partial charge in [0.15, 0.2) is 5.82 Å². The van der Waals surface area contributed by atoms with Crippen molar-refractivity contribution in [1.29, 1.82) is 0 Å². The van der Waals surface area contributed by atoms with E-state index >= 15 is 4.39 Å². The zero-order valence-electron chi connectivity index (χ0n) is 21.5. The molecule has 0 bridgehead atoms. The summed E-state index contributed by atoms with van der Waals surface area (Å²) < 4.78 is 16.6. The second kappa shape index (κ2) is 8.66. The van der Waals surface area contributed by atoms with E-state index in [-0.39, 0.29) is 27.4 Å². The number of hydrogen-bond donors (Lipinski definition) is 2. The number of nitrogens with zero attached hydrogens (tertiary/aromatic N) is 5. The van der Waals surface area contributed by atoms with Gasteiger partial charge >= 0.3 is 0 Å². The van der Waals surface area contributed by atoms with Crippen LogP contribution in [0, 0.1) is 5.82 Å². The number of phenols is 1. The first-order valence-corrected chi connectivity index (χ1v) is 13.5. The lowest BCUT2D eigenvalue weighted by molar-refractivity contribution is 0.245. The normalized spacial score (nSPS) is 19.1. The number of likely N-dealkylation sites (N-methyl/N-ethyl adjacent to an activating group) is 1. The molecule has 3 heterocycles. The SMILES string of the molecule is CN(C)C1CN(c2nc(N3CCNC4(CC4)C3)c3cc(Cl)c(-c4cc(O)cc5ccccc45)c(F)c3n2)C1. The Morgan fingerprint density at radius 3 is 2.63 bits per heavy atom.